The minimum absolute atomic E-state index is 0.295. The number of benzene rings is 2. The van der Waals surface area contributed by atoms with Gasteiger partial charge in [0.15, 0.2) is 6.79 Å². The van der Waals surface area contributed by atoms with E-state index in [2.05, 4.69) is 50.0 Å². The molecular formula is C24H30O2. The largest absolute Gasteiger partial charge is 0.468 e. The average Bonchev–Trinajstić information content (AvgIpc) is 2.69. The Balaban J connectivity index is 1.82. The molecule has 0 heterocycles. The molecule has 2 aromatic carbocycles. The normalized spacial score (nSPS) is 10.2. The monoisotopic (exact) mass is 350 g/mol. The summed E-state index contributed by atoms with van der Waals surface area (Å²) in [6.45, 7) is 5.34. The van der Waals surface area contributed by atoms with Gasteiger partial charge in [-0.2, -0.15) is 0 Å². The topological polar surface area (TPSA) is 18.5 Å². The van der Waals surface area contributed by atoms with Crippen LogP contribution in [0.4, 0.5) is 0 Å². The lowest BCUT2D eigenvalue weighted by Gasteiger charge is -2.06. The molecule has 0 spiro atoms. The van der Waals surface area contributed by atoms with Crippen molar-refractivity contribution < 1.29 is 9.47 Å². The second kappa shape index (κ2) is 12.2. The lowest BCUT2D eigenvalue weighted by Crippen LogP contribution is -2.03. The van der Waals surface area contributed by atoms with Gasteiger partial charge in [0.05, 0.1) is 6.61 Å². The van der Waals surface area contributed by atoms with Gasteiger partial charge >= 0.3 is 0 Å². The van der Waals surface area contributed by atoms with Crippen LogP contribution < -0.4 is 4.74 Å². The zero-order chi connectivity index (χ0) is 18.5. The van der Waals surface area contributed by atoms with Crippen LogP contribution in [0.2, 0.25) is 0 Å². The van der Waals surface area contributed by atoms with E-state index >= 15 is 0 Å². The maximum Gasteiger partial charge on any atom is 0.189 e. The molecule has 2 nitrogen and oxygen atoms in total. The van der Waals surface area contributed by atoms with Crippen LogP contribution in [-0.4, -0.2) is 13.4 Å². The lowest BCUT2D eigenvalue weighted by atomic mass is 10.0. The van der Waals surface area contributed by atoms with E-state index in [0.29, 0.717) is 6.79 Å². The maximum atomic E-state index is 5.52. The van der Waals surface area contributed by atoms with Crippen molar-refractivity contribution in [3.8, 4) is 17.6 Å². The Morgan fingerprint density at radius 2 is 1.38 bits per heavy atom. The van der Waals surface area contributed by atoms with Crippen LogP contribution in [0.5, 0.6) is 5.75 Å². The molecule has 0 N–H and O–H groups in total. The van der Waals surface area contributed by atoms with Crippen molar-refractivity contribution >= 4 is 0 Å². The molecule has 138 valence electrons. The summed E-state index contributed by atoms with van der Waals surface area (Å²) in [7, 11) is 0. The second-order valence-electron chi connectivity index (χ2n) is 6.45. The van der Waals surface area contributed by atoms with Crippen molar-refractivity contribution in [1.29, 1.82) is 0 Å². The molecule has 0 aromatic heterocycles. The van der Waals surface area contributed by atoms with Gasteiger partial charge in [-0.05, 0) is 61.2 Å². The summed E-state index contributed by atoms with van der Waals surface area (Å²) < 4.78 is 10.8. The number of hydrogen-bond acceptors (Lipinski definition) is 2. The van der Waals surface area contributed by atoms with Gasteiger partial charge in [-0.25, -0.2) is 0 Å². The van der Waals surface area contributed by atoms with E-state index < -0.39 is 0 Å². The Kier molecular flexibility index (Phi) is 9.40. The zero-order valence-electron chi connectivity index (χ0n) is 16.1. The van der Waals surface area contributed by atoms with Crippen molar-refractivity contribution in [2.24, 2.45) is 0 Å². The third kappa shape index (κ3) is 7.76. The van der Waals surface area contributed by atoms with Crippen molar-refractivity contribution in [2.75, 3.05) is 13.4 Å². The van der Waals surface area contributed by atoms with E-state index in [9.17, 15) is 0 Å². The summed E-state index contributed by atoms with van der Waals surface area (Å²) in [5.41, 5.74) is 3.43. The fourth-order valence-electron chi connectivity index (χ4n) is 2.60. The highest BCUT2D eigenvalue weighted by atomic mass is 16.7. The van der Waals surface area contributed by atoms with Crippen molar-refractivity contribution in [3.63, 3.8) is 0 Å². The highest BCUT2D eigenvalue weighted by Crippen LogP contribution is 2.12. The molecule has 2 rings (SSSR count). The van der Waals surface area contributed by atoms with Crippen LogP contribution in [0.15, 0.2) is 48.5 Å². The molecule has 0 aliphatic rings. The van der Waals surface area contributed by atoms with Gasteiger partial charge in [0, 0.05) is 11.1 Å². The smallest absolute Gasteiger partial charge is 0.189 e. The van der Waals surface area contributed by atoms with Crippen LogP contribution in [-0.2, 0) is 11.2 Å². The molecule has 0 bridgehead atoms. The molecule has 0 aliphatic carbocycles. The fourth-order valence-corrected chi connectivity index (χ4v) is 2.60. The van der Waals surface area contributed by atoms with E-state index in [-0.39, 0.29) is 0 Å². The molecule has 0 fully saturated rings. The van der Waals surface area contributed by atoms with E-state index in [4.69, 9.17) is 9.47 Å². The van der Waals surface area contributed by atoms with Gasteiger partial charge in [0.1, 0.15) is 5.75 Å². The van der Waals surface area contributed by atoms with Crippen LogP contribution in [0.3, 0.4) is 0 Å². The second-order valence-corrected chi connectivity index (χ2v) is 6.45. The Hall–Kier alpha value is -2.24. The van der Waals surface area contributed by atoms with E-state index in [1.54, 1.807) is 0 Å². The number of rotatable bonds is 10. The first-order valence-electron chi connectivity index (χ1n) is 9.73. The predicted molar refractivity (Wildman–Crippen MR) is 108 cm³/mol. The Labute approximate surface area is 158 Å². The minimum atomic E-state index is 0.295. The van der Waals surface area contributed by atoms with Gasteiger partial charge < -0.3 is 9.47 Å². The first-order valence-corrected chi connectivity index (χ1v) is 9.73. The predicted octanol–water partition coefficient (Wildman–Crippen LogP) is 5.97. The molecular weight excluding hydrogens is 320 g/mol. The summed E-state index contributed by atoms with van der Waals surface area (Å²) in [6.07, 6.45) is 7.38. The highest BCUT2D eigenvalue weighted by Gasteiger charge is 1.95. The number of hydrogen-bond donors (Lipinski definition) is 0. The summed E-state index contributed by atoms with van der Waals surface area (Å²) in [5.74, 6) is 7.24. The van der Waals surface area contributed by atoms with Gasteiger partial charge in [-0.1, -0.05) is 57.1 Å². The van der Waals surface area contributed by atoms with Crippen LogP contribution in [0, 0.1) is 11.8 Å². The Morgan fingerprint density at radius 3 is 2.00 bits per heavy atom. The summed E-state index contributed by atoms with van der Waals surface area (Å²) in [4.78, 5) is 0. The summed E-state index contributed by atoms with van der Waals surface area (Å²) >= 11 is 0. The van der Waals surface area contributed by atoms with Gasteiger partial charge in [-0.15, -0.1) is 0 Å². The zero-order valence-corrected chi connectivity index (χ0v) is 16.1. The molecule has 0 atom stereocenters. The molecule has 2 heteroatoms. The molecule has 2 aromatic rings. The molecule has 0 aliphatic heterocycles. The molecule has 0 amide bonds. The molecule has 0 saturated carbocycles. The summed E-state index contributed by atoms with van der Waals surface area (Å²) in [5, 5.41) is 0. The average molecular weight is 351 g/mol. The van der Waals surface area contributed by atoms with Crippen LogP contribution >= 0.6 is 0 Å². The molecule has 0 unspecified atom stereocenters. The first kappa shape index (κ1) is 20.1. The van der Waals surface area contributed by atoms with E-state index in [1.807, 2.05) is 24.3 Å². The molecule has 0 saturated heterocycles. The lowest BCUT2D eigenvalue weighted by molar-refractivity contribution is 0.0157. The van der Waals surface area contributed by atoms with Gasteiger partial charge in [-0.3, -0.25) is 0 Å². The quantitative estimate of drug-likeness (QED) is 0.298. The first-order chi connectivity index (χ1) is 12.8. The molecule has 0 radical (unpaired) electrons. The third-order valence-corrected chi connectivity index (χ3v) is 4.14. The third-order valence-electron chi connectivity index (χ3n) is 4.14. The van der Waals surface area contributed by atoms with Crippen LogP contribution in [0.25, 0.3) is 0 Å². The number of ether oxygens (including phenoxy) is 2. The number of aryl methyl sites for hydroxylation is 1. The van der Waals surface area contributed by atoms with E-state index in [1.165, 1.54) is 31.2 Å². The summed E-state index contributed by atoms with van der Waals surface area (Å²) in [6, 6.07) is 16.4. The van der Waals surface area contributed by atoms with Crippen molar-refractivity contribution in [1.82, 2.24) is 0 Å². The van der Waals surface area contributed by atoms with Gasteiger partial charge in [0.25, 0.3) is 0 Å². The highest BCUT2D eigenvalue weighted by molar-refractivity contribution is 5.44. The molecule has 26 heavy (non-hydrogen) atoms. The maximum absolute atomic E-state index is 5.52. The van der Waals surface area contributed by atoms with Crippen molar-refractivity contribution in [3.05, 3.63) is 65.2 Å². The Morgan fingerprint density at radius 1 is 0.731 bits per heavy atom. The standard InChI is InChI=1S/C24H30O2/c1-3-5-6-7-8-21-9-11-22(12-10-21)13-14-23-15-17-24(18-16-23)26-20-25-19-4-2/h9-12,15-18H,3-8,19-20H2,1-2H3. The van der Waals surface area contributed by atoms with Gasteiger partial charge in [0.2, 0.25) is 0 Å². The fraction of sp³-hybridized carbons (Fsp3) is 0.417. The van der Waals surface area contributed by atoms with Crippen molar-refractivity contribution in [2.45, 2.75) is 52.4 Å². The number of unbranched alkanes of at least 4 members (excludes halogenated alkanes) is 3. The SMILES string of the molecule is CCCCCCc1ccc(C#Cc2ccc(OCOCCC)cc2)cc1. The van der Waals surface area contributed by atoms with E-state index in [0.717, 1.165) is 36.3 Å². The minimum Gasteiger partial charge on any atom is -0.468 e. The Bertz CT molecular complexity index is 615. The van der Waals surface area contributed by atoms with Crippen LogP contribution in [0.1, 0.15) is 62.6 Å².